The van der Waals surface area contributed by atoms with Crippen molar-refractivity contribution in [2.75, 3.05) is 26.3 Å². The van der Waals surface area contributed by atoms with Gasteiger partial charge >= 0.3 is 0 Å². The van der Waals surface area contributed by atoms with Crippen molar-refractivity contribution in [2.45, 2.75) is 0 Å². The second kappa shape index (κ2) is 6.56. The molecule has 70 valence electrons. The first-order valence-electron chi connectivity index (χ1n) is 3.55. The Morgan fingerprint density at radius 1 is 0.917 bits per heavy atom. The van der Waals surface area contributed by atoms with Gasteiger partial charge in [0.2, 0.25) is 0 Å². The number of nitrogens with one attached hydrogen (secondary N) is 2. The van der Waals surface area contributed by atoms with Crippen LogP contribution in [0.3, 0.4) is 0 Å². The summed E-state index contributed by atoms with van der Waals surface area (Å²) in [7, 11) is 0. The summed E-state index contributed by atoms with van der Waals surface area (Å²) in [5.41, 5.74) is 10.2. The Morgan fingerprint density at radius 3 is 1.50 bits per heavy atom. The van der Waals surface area contributed by atoms with E-state index < -0.39 is 0 Å². The predicted molar refractivity (Wildman–Crippen MR) is 45.5 cm³/mol. The Balaban J connectivity index is 3.55. The topological polar surface area (TPSA) is 118 Å². The van der Waals surface area contributed by atoms with Crippen LogP contribution >= 0.6 is 0 Å². The van der Waals surface area contributed by atoms with E-state index in [1.165, 1.54) is 0 Å². The van der Waals surface area contributed by atoms with E-state index in [1.54, 1.807) is 0 Å². The molecular formula is C6H14N4O2. The van der Waals surface area contributed by atoms with Gasteiger partial charge in [-0.3, -0.25) is 10.8 Å². The van der Waals surface area contributed by atoms with Gasteiger partial charge in [-0.1, -0.05) is 0 Å². The van der Waals surface area contributed by atoms with Crippen molar-refractivity contribution in [2.24, 2.45) is 11.5 Å². The van der Waals surface area contributed by atoms with Crippen molar-refractivity contribution < 1.29 is 9.47 Å². The summed E-state index contributed by atoms with van der Waals surface area (Å²) in [6.45, 7) is 1.06. The minimum Gasteiger partial charge on any atom is -0.473 e. The predicted octanol–water partition coefficient (Wildman–Crippen LogP) is -1.11. The quantitative estimate of drug-likeness (QED) is 0.319. The zero-order chi connectivity index (χ0) is 9.40. The monoisotopic (exact) mass is 174 g/mol. The van der Waals surface area contributed by atoms with Crippen molar-refractivity contribution in [3.8, 4) is 0 Å². The average Bonchev–Trinajstić information content (AvgIpc) is 2.10. The molecule has 0 atom stereocenters. The Labute approximate surface area is 70.8 Å². The molecule has 0 aliphatic carbocycles. The van der Waals surface area contributed by atoms with Crippen LogP contribution in [0.2, 0.25) is 0 Å². The lowest BCUT2D eigenvalue weighted by Gasteiger charge is -2.07. The fraction of sp³-hybridized carbons (Fsp3) is 0.667. The van der Waals surface area contributed by atoms with Gasteiger partial charge in [-0.15, -0.1) is 0 Å². The highest BCUT2D eigenvalue weighted by atomic mass is 16.5. The van der Waals surface area contributed by atoms with E-state index in [0.717, 1.165) is 0 Å². The molecule has 6 N–H and O–H groups in total. The molecule has 6 heteroatoms. The van der Waals surface area contributed by atoms with Crippen LogP contribution in [-0.2, 0) is 9.47 Å². The van der Waals surface area contributed by atoms with Crippen LogP contribution < -0.4 is 11.5 Å². The molecule has 0 fully saturated rings. The lowest BCUT2D eigenvalue weighted by atomic mass is 10.6. The standard InChI is InChI=1S/C6H14N4O2/c7-1-3-11-5(9)6(10)12-4-2-8/h9-10H,1-4,7-8H2. The first-order valence-corrected chi connectivity index (χ1v) is 3.55. The van der Waals surface area contributed by atoms with Crippen LogP contribution in [0.1, 0.15) is 0 Å². The average molecular weight is 174 g/mol. The van der Waals surface area contributed by atoms with Crippen LogP contribution in [0, 0.1) is 10.8 Å². The molecule has 6 nitrogen and oxygen atoms in total. The molecule has 0 saturated heterocycles. The van der Waals surface area contributed by atoms with Gasteiger partial charge in [0.1, 0.15) is 13.2 Å². The van der Waals surface area contributed by atoms with E-state index in [0.29, 0.717) is 13.1 Å². The van der Waals surface area contributed by atoms with Gasteiger partial charge in [0, 0.05) is 13.1 Å². The fourth-order valence-electron chi connectivity index (χ4n) is 0.453. The SMILES string of the molecule is N=C(OCCN)C(=N)OCCN. The lowest BCUT2D eigenvalue weighted by Crippen LogP contribution is -2.24. The maximum Gasteiger partial charge on any atom is 0.269 e. The zero-order valence-corrected chi connectivity index (χ0v) is 6.80. The summed E-state index contributed by atoms with van der Waals surface area (Å²) in [4.78, 5) is 0. The summed E-state index contributed by atoms with van der Waals surface area (Å²) in [6, 6.07) is 0. The summed E-state index contributed by atoms with van der Waals surface area (Å²) in [5, 5.41) is 14.2. The van der Waals surface area contributed by atoms with Gasteiger partial charge < -0.3 is 20.9 Å². The Morgan fingerprint density at radius 2 is 1.25 bits per heavy atom. The van der Waals surface area contributed by atoms with Gasteiger partial charge in [0.15, 0.2) is 0 Å². The van der Waals surface area contributed by atoms with Crippen molar-refractivity contribution in [1.29, 1.82) is 10.8 Å². The molecule has 0 spiro atoms. The van der Waals surface area contributed by atoms with E-state index >= 15 is 0 Å². The van der Waals surface area contributed by atoms with E-state index in [1.807, 2.05) is 0 Å². The van der Waals surface area contributed by atoms with E-state index in [4.69, 9.17) is 31.8 Å². The highest BCUT2D eigenvalue weighted by Gasteiger charge is 2.06. The van der Waals surface area contributed by atoms with E-state index in [2.05, 4.69) is 0 Å². The minimum atomic E-state index is -0.311. The fourth-order valence-corrected chi connectivity index (χ4v) is 0.453. The smallest absolute Gasteiger partial charge is 0.269 e. The largest absolute Gasteiger partial charge is 0.473 e. The normalized spacial score (nSPS) is 9.17. The van der Waals surface area contributed by atoms with Crippen molar-refractivity contribution in [3.63, 3.8) is 0 Å². The summed E-state index contributed by atoms with van der Waals surface area (Å²) in [6.07, 6.45) is 0. The number of ether oxygens (including phenoxy) is 2. The molecule has 0 rings (SSSR count). The maximum atomic E-state index is 7.11. The van der Waals surface area contributed by atoms with Gasteiger partial charge in [-0.05, 0) is 0 Å². The van der Waals surface area contributed by atoms with Crippen molar-refractivity contribution in [1.82, 2.24) is 0 Å². The molecule has 0 unspecified atom stereocenters. The minimum absolute atomic E-state index is 0.215. The zero-order valence-electron chi connectivity index (χ0n) is 6.80. The van der Waals surface area contributed by atoms with Crippen LogP contribution in [0.5, 0.6) is 0 Å². The number of rotatable bonds is 4. The first kappa shape index (κ1) is 10.9. The molecule has 0 aromatic rings. The molecule has 0 heterocycles. The third-order valence-corrected chi connectivity index (χ3v) is 0.935. The second-order valence-electron chi connectivity index (χ2n) is 1.93. The summed E-state index contributed by atoms with van der Waals surface area (Å²) < 4.78 is 9.44. The molecule has 0 aliphatic rings. The Hall–Kier alpha value is -1.14. The summed E-state index contributed by atoms with van der Waals surface area (Å²) in [5.74, 6) is -0.622. The van der Waals surface area contributed by atoms with E-state index in [-0.39, 0.29) is 25.0 Å². The Bertz CT molecular complexity index is 142. The molecule has 0 aromatic carbocycles. The highest BCUT2D eigenvalue weighted by molar-refractivity contribution is 6.32. The lowest BCUT2D eigenvalue weighted by molar-refractivity contribution is 0.281. The highest BCUT2D eigenvalue weighted by Crippen LogP contribution is 1.84. The van der Waals surface area contributed by atoms with Crippen molar-refractivity contribution >= 4 is 11.8 Å². The van der Waals surface area contributed by atoms with Gasteiger partial charge in [-0.25, -0.2) is 0 Å². The van der Waals surface area contributed by atoms with Crippen LogP contribution in [0.4, 0.5) is 0 Å². The molecule has 0 aliphatic heterocycles. The summed E-state index contributed by atoms with van der Waals surface area (Å²) >= 11 is 0. The molecule has 0 bridgehead atoms. The molecule has 0 amide bonds. The third-order valence-electron chi connectivity index (χ3n) is 0.935. The van der Waals surface area contributed by atoms with Crippen LogP contribution in [-0.4, -0.2) is 38.1 Å². The first-order chi connectivity index (χ1) is 5.72. The number of hydrogen-bond donors (Lipinski definition) is 4. The molecule has 12 heavy (non-hydrogen) atoms. The molecule has 0 saturated carbocycles. The molecule has 0 radical (unpaired) electrons. The van der Waals surface area contributed by atoms with Crippen molar-refractivity contribution in [3.05, 3.63) is 0 Å². The van der Waals surface area contributed by atoms with Gasteiger partial charge in [0.05, 0.1) is 0 Å². The Kier molecular flexibility index (Phi) is 5.94. The van der Waals surface area contributed by atoms with Gasteiger partial charge in [0.25, 0.3) is 11.8 Å². The number of hydrogen-bond acceptors (Lipinski definition) is 6. The third kappa shape index (κ3) is 4.64. The van der Waals surface area contributed by atoms with Gasteiger partial charge in [-0.2, -0.15) is 0 Å². The maximum absolute atomic E-state index is 7.11. The second-order valence-corrected chi connectivity index (χ2v) is 1.93. The van der Waals surface area contributed by atoms with Crippen LogP contribution in [0.15, 0.2) is 0 Å². The van der Waals surface area contributed by atoms with E-state index in [9.17, 15) is 0 Å². The van der Waals surface area contributed by atoms with Crippen LogP contribution in [0.25, 0.3) is 0 Å². The number of nitrogens with two attached hydrogens (primary N) is 2. The molecular weight excluding hydrogens is 160 g/mol. The molecule has 0 aromatic heterocycles.